The van der Waals surface area contributed by atoms with E-state index in [4.69, 9.17) is 11.0 Å². The normalized spacial score (nSPS) is 10.5. The van der Waals surface area contributed by atoms with Crippen LogP contribution in [0.2, 0.25) is 0 Å². The van der Waals surface area contributed by atoms with Crippen LogP contribution < -0.4 is 5.73 Å². The van der Waals surface area contributed by atoms with Gasteiger partial charge < -0.3 is 5.73 Å². The molecule has 3 aromatic rings. The summed E-state index contributed by atoms with van der Waals surface area (Å²) in [5.74, 6) is 1.12. The topological polar surface area (TPSA) is 124 Å². The Kier molecular flexibility index (Phi) is 3.97. The second kappa shape index (κ2) is 6.23. The van der Waals surface area contributed by atoms with Gasteiger partial charge in [0, 0.05) is 5.69 Å². The van der Waals surface area contributed by atoms with Crippen LogP contribution in [0.3, 0.4) is 0 Å². The van der Waals surface area contributed by atoms with Crippen LogP contribution in [0.4, 0.5) is 5.95 Å². The second-order valence-electron chi connectivity index (χ2n) is 4.21. The molecule has 0 aliphatic heterocycles. The molecule has 10 heteroatoms. The van der Waals surface area contributed by atoms with Gasteiger partial charge in [0.2, 0.25) is 5.95 Å². The monoisotopic (exact) mass is 313 g/mol. The fourth-order valence-corrected chi connectivity index (χ4v) is 2.52. The van der Waals surface area contributed by atoms with Crippen molar-refractivity contribution >= 4 is 17.7 Å². The molecule has 2 N–H and O–H groups in total. The first-order chi connectivity index (χ1) is 10.8. The van der Waals surface area contributed by atoms with Gasteiger partial charge in [0.05, 0.1) is 11.8 Å². The summed E-state index contributed by atoms with van der Waals surface area (Å²) in [6, 6.07) is 11.7. The number of aromatic nitrogens is 7. The van der Waals surface area contributed by atoms with Gasteiger partial charge in [0.1, 0.15) is 6.54 Å². The van der Waals surface area contributed by atoms with Crippen molar-refractivity contribution in [3.8, 4) is 11.8 Å². The summed E-state index contributed by atoms with van der Waals surface area (Å²) >= 11 is 1.32. The lowest BCUT2D eigenvalue weighted by Gasteiger charge is -2.09. The Labute approximate surface area is 129 Å². The van der Waals surface area contributed by atoms with E-state index in [-0.39, 0.29) is 18.2 Å². The van der Waals surface area contributed by atoms with Crippen LogP contribution in [0.1, 0.15) is 5.82 Å². The molecular weight excluding hydrogens is 302 g/mol. The molecule has 0 radical (unpaired) electrons. The first-order valence-electron chi connectivity index (χ1n) is 6.30. The number of hydrogen-bond acceptors (Lipinski definition) is 8. The van der Waals surface area contributed by atoms with Crippen molar-refractivity contribution in [1.29, 1.82) is 5.26 Å². The third-order valence-electron chi connectivity index (χ3n) is 2.83. The van der Waals surface area contributed by atoms with Gasteiger partial charge in [-0.05, 0) is 22.6 Å². The smallest absolute Gasteiger partial charge is 0.240 e. The third kappa shape index (κ3) is 2.75. The first kappa shape index (κ1) is 14.0. The standard InChI is InChI=1S/C12H11N9S/c13-6-7-22-12-17-15-10(8-20-11(14)16-18-19-20)21(12)9-4-2-1-3-5-9/h1-5H,7-8H2,(H2,14,16,19). The van der Waals surface area contributed by atoms with Gasteiger partial charge >= 0.3 is 0 Å². The summed E-state index contributed by atoms with van der Waals surface area (Å²) in [7, 11) is 0. The SMILES string of the molecule is N#CCSc1nnc(Cn2nnnc2N)n1-c1ccccc1. The largest absolute Gasteiger partial charge is 0.367 e. The van der Waals surface area contributed by atoms with Crippen LogP contribution >= 0.6 is 11.8 Å². The van der Waals surface area contributed by atoms with Gasteiger partial charge in [-0.1, -0.05) is 35.1 Å². The molecule has 0 amide bonds. The molecule has 0 bridgehead atoms. The fourth-order valence-electron chi connectivity index (χ4n) is 1.89. The summed E-state index contributed by atoms with van der Waals surface area (Å²) < 4.78 is 3.30. The molecule has 22 heavy (non-hydrogen) atoms. The van der Waals surface area contributed by atoms with E-state index in [2.05, 4.69) is 31.8 Å². The number of nitrogens with zero attached hydrogens (tertiary/aromatic N) is 8. The number of nitrogens with two attached hydrogens (primary N) is 1. The number of benzene rings is 1. The van der Waals surface area contributed by atoms with E-state index in [1.54, 1.807) is 0 Å². The maximum absolute atomic E-state index is 8.76. The fraction of sp³-hybridized carbons (Fsp3) is 0.167. The van der Waals surface area contributed by atoms with Gasteiger partial charge in [-0.2, -0.15) is 5.26 Å². The molecule has 9 nitrogen and oxygen atoms in total. The number of hydrogen-bond donors (Lipinski definition) is 1. The van der Waals surface area contributed by atoms with E-state index in [0.29, 0.717) is 11.0 Å². The maximum atomic E-state index is 8.76. The number of nitrogen functional groups attached to an aromatic ring is 1. The van der Waals surface area contributed by atoms with Crippen molar-refractivity contribution in [3.63, 3.8) is 0 Å². The molecule has 2 aromatic heterocycles. The number of thioether (sulfide) groups is 1. The molecule has 0 spiro atoms. The Morgan fingerprint density at radius 3 is 2.68 bits per heavy atom. The van der Waals surface area contributed by atoms with Crippen molar-refractivity contribution in [3.05, 3.63) is 36.2 Å². The molecule has 0 fully saturated rings. The molecule has 0 aliphatic carbocycles. The van der Waals surface area contributed by atoms with Gasteiger partial charge in [-0.15, -0.1) is 10.2 Å². The van der Waals surface area contributed by atoms with E-state index in [0.717, 1.165) is 5.69 Å². The highest BCUT2D eigenvalue weighted by atomic mass is 32.2. The van der Waals surface area contributed by atoms with E-state index in [9.17, 15) is 0 Å². The second-order valence-corrected chi connectivity index (χ2v) is 5.15. The lowest BCUT2D eigenvalue weighted by atomic mass is 10.3. The van der Waals surface area contributed by atoms with Gasteiger partial charge in [-0.3, -0.25) is 4.57 Å². The van der Waals surface area contributed by atoms with E-state index < -0.39 is 0 Å². The minimum absolute atomic E-state index is 0.203. The summed E-state index contributed by atoms with van der Waals surface area (Å²) in [4.78, 5) is 0. The lowest BCUT2D eigenvalue weighted by Crippen LogP contribution is -2.11. The minimum Gasteiger partial charge on any atom is -0.367 e. The third-order valence-corrected chi connectivity index (χ3v) is 3.63. The number of anilines is 1. The molecule has 0 saturated heterocycles. The lowest BCUT2D eigenvalue weighted by molar-refractivity contribution is 0.619. The summed E-state index contributed by atoms with van der Waals surface area (Å²) in [5.41, 5.74) is 6.58. The van der Waals surface area contributed by atoms with Crippen LogP contribution in [0.25, 0.3) is 5.69 Å². The van der Waals surface area contributed by atoms with Crippen LogP contribution in [-0.4, -0.2) is 40.7 Å². The van der Waals surface area contributed by atoms with Crippen molar-refractivity contribution < 1.29 is 0 Å². The molecule has 0 atom stereocenters. The predicted octanol–water partition coefficient (Wildman–Crippen LogP) is 0.500. The molecule has 110 valence electrons. The summed E-state index contributed by atoms with van der Waals surface area (Å²) in [6.45, 7) is 0.286. The minimum atomic E-state index is 0.203. The van der Waals surface area contributed by atoms with Crippen molar-refractivity contribution in [2.75, 3.05) is 11.5 Å². The molecule has 0 unspecified atom stereocenters. The summed E-state index contributed by atoms with van der Waals surface area (Å²) in [5, 5.41) is 28.7. The predicted molar refractivity (Wildman–Crippen MR) is 79.0 cm³/mol. The first-order valence-corrected chi connectivity index (χ1v) is 7.29. The maximum Gasteiger partial charge on any atom is 0.240 e. The average Bonchev–Trinajstić information content (AvgIpc) is 3.13. The van der Waals surface area contributed by atoms with Gasteiger partial charge in [0.25, 0.3) is 0 Å². The zero-order valence-corrected chi connectivity index (χ0v) is 12.2. The highest BCUT2D eigenvalue weighted by Gasteiger charge is 2.16. The Hall–Kier alpha value is -2.93. The van der Waals surface area contributed by atoms with Crippen molar-refractivity contribution in [2.24, 2.45) is 0 Å². The number of nitriles is 1. The average molecular weight is 313 g/mol. The van der Waals surface area contributed by atoms with E-state index in [1.165, 1.54) is 16.4 Å². The highest BCUT2D eigenvalue weighted by molar-refractivity contribution is 7.99. The van der Waals surface area contributed by atoms with Crippen LogP contribution in [0.5, 0.6) is 0 Å². The van der Waals surface area contributed by atoms with Crippen LogP contribution in [0.15, 0.2) is 35.5 Å². The highest BCUT2D eigenvalue weighted by Crippen LogP contribution is 2.22. The molecule has 1 aromatic carbocycles. The Morgan fingerprint density at radius 1 is 1.18 bits per heavy atom. The van der Waals surface area contributed by atoms with E-state index in [1.807, 2.05) is 34.9 Å². The zero-order valence-electron chi connectivity index (χ0n) is 11.4. The zero-order chi connectivity index (χ0) is 15.4. The molecule has 2 heterocycles. The quantitative estimate of drug-likeness (QED) is 0.675. The summed E-state index contributed by atoms with van der Waals surface area (Å²) in [6.07, 6.45) is 0. The number of rotatable bonds is 5. The molecule has 0 aliphatic rings. The number of para-hydroxylation sites is 1. The van der Waals surface area contributed by atoms with Crippen LogP contribution in [0, 0.1) is 11.3 Å². The van der Waals surface area contributed by atoms with Crippen molar-refractivity contribution in [2.45, 2.75) is 11.7 Å². The molecule has 0 saturated carbocycles. The van der Waals surface area contributed by atoms with Crippen LogP contribution in [-0.2, 0) is 6.54 Å². The number of tetrazole rings is 1. The molecular formula is C12H11N9S. The Morgan fingerprint density at radius 2 is 2.00 bits per heavy atom. The van der Waals surface area contributed by atoms with Gasteiger partial charge in [0.15, 0.2) is 11.0 Å². The van der Waals surface area contributed by atoms with E-state index >= 15 is 0 Å². The van der Waals surface area contributed by atoms with Crippen molar-refractivity contribution in [1.82, 2.24) is 35.0 Å². The Bertz CT molecular complexity index is 802. The Balaban J connectivity index is 2.01. The molecule has 3 rings (SSSR count). The van der Waals surface area contributed by atoms with Gasteiger partial charge in [-0.25, -0.2) is 4.68 Å².